The molecule has 0 radical (unpaired) electrons. The summed E-state index contributed by atoms with van der Waals surface area (Å²) >= 11 is 9.59. The summed E-state index contributed by atoms with van der Waals surface area (Å²) in [5.41, 5.74) is 1.97. The van der Waals surface area contributed by atoms with Crippen molar-refractivity contribution in [1.29, 1.82) is 0 Å². The van der Waals surface area contributed by atoms with Crippen LogP contribution < -0.4 is 5.32 Å². The number of alkyl halides is 1. The zero-order valence-electron chi connectivity index (χ0n) is 12.0. The van der Waals surface area contributed by atoms with Gasteiger partial charge in [-0.1, -0.05) is 63.9 Å². The van der Waals surface area contributed by atoms with Gasteiger partial charge in [0, 0.05) is 15.9 Å². The number of carbonyl (C=O) groups excluding carboxylic acids is 1. The van der Waals surface area contributed by atoms with Gasteiger partial charge in [0.05, 0.1) is 5.54 Å². The quantitative estimate of drug-likeness (QED) is 0.782. The van der Waals surface area contributed by atoms with Gasteiger partial charge in [-0.2, -0.15) is 0 Å². The second-order valence-corrected chi connectivity index (χ2v) is 6.17. The van der Waals surface area contributed by atoms with Crippen LogP contribution in [0.3, 0.4) is 0 Å². The van der Waals surface area contributed by atoms with E-state index in [-0.39, 0.29) is 5.91 Å². The van der Waals surface area contributed by atoms with Crippen LogP contribution in [0.1, 0.15) is 28.4 Å². The number of nitrogens with one attached hydrogen (secondary N) is 1. The highest BCUT2D eigenvalue weighted by molar-refractivity contribution is 9.09. The third-order valence-electron chi connectivity index (χ3n) is 3.58. The van der Waals surface area contributed by atoms with Crippen LogP contribution in [0.4, 0.5) is 0 Å². The first kappa shape index (κ1) is 16.1. The van der Waals surface area contributed by atoms with E-state index in [4.69, 9.17) is 11.6 Å². The van der Waals surface area contributed by atoms with Crippen molar-refractivity contribution >= 4 is 33.4 Å². The van der Waals surface area contributed by atoms with Crippen LogP contribution in [-0.2, 0) is 5.54 Å². The molecule has 0 aliphatic carbocycles. The molecule has 2 rings (SSSR count). The van der Waals surface area contributed by atoms with E-state index in [1.807, 2.05) is 44.2 Å². The Kier molecular flexibility index (Phi) is 5.07. The fraction of sp³-hybridized carbons (Fsp3) is 0.235. The van der Waals surface area contributed by atoms with E-state index in [1.54, 1.807) is 18.2 Å². The Hall–Kier alpha value is -1.32. The zero-order valence-corrected chi connectivity index (χ0v) is 14.3. The summed E-state index contributed by atoms with van der Waals surface area (Å²) in [5.74, 6) is -0.124. The van der Waals surface area contributed by atoms with Gasteiger partial charge < -0.3 is 5.32 Å². The summed E-state index contributed by atoms with van der Waals surface area (Å²) < 4.78 is 0. The van der Waals surface area contributed by atoms with Crippen molar-refractivity contribution in [3.63, 3.8) is 0 Å². The normalized spacial score (nSPS) is 13.5. The molecule has 0 heterocycles. The Balaban J connectivity index is 2.30. The number of halogens is 2. The molecule has 2 nitrogen and oxygen atoms in total. The van der Waals surface area contributed by atoms with Crippen LogP contribution in [-0.4, -0.2) is 11.2 Å². The highest BCUT2D eigenvalue weighted by Gasteiger charge is 2.28. The highest BCUT2D eigenvalue weighted by Crippen LogP contribution is 2.25. The maximum atomic E-state index is 12.6. The average molecular weight is 367 g/mol. The summed E-state index contributed by atoms with van der Waals surface area (Å²) in [6, 6.07) is 15.3. The third-order valence-corrected chi connectivity index (χ3v) is 5.11. The first-order valence-electron chi connectivity index (χ1n) is 6.67. The standard InChI is InChI=1S/C17H17BrClNO/c1-12-14(9-6-10-15(12)19)16(21)20-17(2,11-18)13-7-4-3-5-8-13/h3-10H,11H2,1-2H3,(H,20,21). The maximum Gasteiger partial charge on any atom is 0.252 e. The molecule has 2 aromatic carbocycles. The molecule has 0 saturated heterocycles. The second-order valence-electron chi connectivity index (χ2n) is 5.20. The van der Waals surface area contributed by atoms with E-state index in [9.17, 15) is 4.79 Å². The number of rotatable bonds is 4. The monoisotopic (exact) mass is 365 g/mol. The van der Waals surface area contributed by atoms with Gasteiger partial charge in [0.25, 0.3) is 5.91 Å². The van der Waals surface area contributed by atoms with Crippen molar-refractivity contribution in [3.05, 3.63) is 70.2 Å². The SMILES string of the molecule is Cc1c(Cl)cccc1C(=O)NC(C)(CBr)c1ccccc1. The molecule has 110 valence electrons. The molecule has 0 fully saturated rings. The number of hydrogen-bond donors (Lipinski definition) is 1. The molecule has 0 spiro atoms. The Morgan fingerprint density at radius 3 is 2.48 bits per heavy atom. The maximum absolute atomic E-state index is 12.6. The molecule has 0 aliphatic heterocycles. The molecule has 1 unspecified atom stereocenters. The van der Waals surface area contributed by atoms with Crippen molar-refractivity contribution in [2.24, 2.45) is 0 Å². The molecule has 0 bridgehead atoms. The van der Waals surface area contributed by atoms with Gasteiger partial charge in [-0.25, -0.2) is 0 Å². The molecular weight excluding hydrogens is 350 g/mol. The predicted molar refractivity (Wildman–Crippen MR) is 91.2 cm³/mol. The minimum atomic E-state index is -0.479. The summed E-state index contributed by atoms with van der Waals surface area (Å²) in [7, 11) is 0. The van der Waals surface area contributed by atoms with Gasteiger partial charge in [0.1, 0.15) is 0 Å². The van der Waals surface area contributed by atoms with Crippen molar-refractivity contribution in [3.8, 4) is 0 Å². The molecular formula is C17H17BrClNO. The molecule has 1 atom stereocenters. The van der Waals surface area contributed by atoms with E-state index in [1.165, 1.54) is 0 Å². The van der Waals surface area contributed by atoms with Crippen molar-refractivity contribution in [2.45, 2.75) is 19.4 Å². The fourth-order valence-corrected chi connectivity index (χ4v) is 2.80. The van der Waals surface area contributed by atoms with Crippen LogP contribution >= 0.6 is 27.5 Å². The first-order valence-corrected chi connectivity index (χ1v) is 8.17. The van der Waals surface area contributed by atoms with E-state index < -0.39 is 5.54 Å². The molecule has 0 aliphatic rings. The summed E-state index contributed by atoms with van der Waals surface area (Å²) in [6.45, 7) is 3.85. The average Bonchev–Trinajstić information content (AvgIpc) is 2.50. The third kappa shape index (κ3) is 3.47. The Morgan fingerprint density at radius 2 is 1.86 bits per heavy atom. The van der Waals surface area contributed by atoms with E-state index in [2.05, 4.69) is 21.2 Å². The lowest BCUT2D eigenvalue weighted by atomic mass is 9.93. The smallest absolute Gasteiger partial charge is 0.252 e. The van der Waals surface area contributed by atoms with Crippen LogP contribution in [0.25, 0.3) is 0 Å². The molecule has 0 aromatic heterocycles. The minimum Gasteiger partial charge on any atom is -0.342 e. The van der Waals surface area contributed by atoms with Gasteiger partial charge in [0.15, 0.2) is 0 Å². The molecule has 2 aromatic rings. The topological polar surface area (TPSA) is 29.1 Å². The number of carbonyl (C=O) groups is 1. The zero-order chi connectivity index (χ0) is 15.5. The second kappa shape index (κ2) is 6.63. The Morgan fingerprint density at radius 1 is 1.19 bits per heavy atom. The Bertz CT molecular complexity index is 644. The van der Waals surface area contributed by atoms with Gasteiger partial charge in [-0.3, -0.25) is 4.79 Å². The van der Waals surface area contributed by atoms with Gasteiger partial charge in [-0.15, -0.1) is 0 Å². The molecule has 1 N–H and O–H groups in total. The van der Waals surface area contributed by atoms with Crippen LogP contribution in [0.15, 0.2) is 48.5 Å². The first-order chi connectivity index (χ1) is 9.98. The Labute approximate surface area is 138 Å². The number of amides is 1. The highest BCUT2D eigenvalue weighted by atomic mass is 79.9. The van der Waals surface area contributed by atoms with Gasteiger partial charge >= 0.3 is 0 Å². The van der Waals surface area contributed by atoms with Crippen LogP contribution in [0.2, 0.25) is 5.02 Å². The van der Waals surface area contributed by atoms with Crippen molar-refractivity contribution in [1.82, 2.24) is 5.32 Å². The fourth-order valence-electron chi connectivity index (χ4n) is 2.16. The summed E-state index contributed by atoms with van der Waals surface area (Å²) in [4.78, 5) is 12.6. The van der Waals surface area contributed by atoms with Gasteiger partial charge in [0.2, 0.25) is 0 Å². The lowest BCUT2D eigenvalue weighted by molar-refractivity contribution is 0.0913. The molecule has 1 amide bonds. The summed E-state index contributed by atoms with van der Waals surface area (Å²) in [6.07, 6.45) is 0. The van der Waals surface area contributed by atoms with Crippen molar-refractivity contribution in [2.75, 3.05) is 5.33 Å². The van der Waals surface area contributed by atoms with E-state index in [0.29, 0.717) is 15.9 Å². The predicted octanol–water partition coefficient (Wildman–Crippen LogP) is 4.69. The molecule has 0 saturated carbocycles. The van der Waals surface area contributed by atoms with Crippen LogP contribution in [0, 0.1) is 6.92 Å². The van der Waals surface area contributed by atoms with E-state index in [0.717, 1.165) is 11.1 Å². The summed E-state index contributed by atoms with van der Waals surface area (Å²) in [5, 5.41) is 4.32. The van der Waals surface area contributed by atoms with E-state index >= 15 is 0 Å². The van der Waals surface area contributed by atoms with Crippen molar-refractivity contribution < 1.29 is 4.79 Å². The molecule has 4 heteroatoms. The molecule has 21 heavy (non-hydrogen) atoms. The van der Waals surface area contributed by atoms with Crippen LogP contribution in [0.5, 0.6) is 0 Å². The number of benzene rings is 2. The lowest BCUT2D eigenvalue weighted by Crippen LogP contribution is -2.45. The lowest BCUT2D eigenvalue weighted by Gasteiger charge is -2.30. The largest absolute Gasteiger partial charge is 0.342 e. The van der Waals surface area contributed by atoms with Gasteiger partial charge in [-0.05, 0) is 37.1 Å². The minimum absolute atomic E-state index is 0.124. The number of hydrogen-bond acceptors (Lipinski definition) is 1.